The minimum absolute atomic E-state index is 0.00693. The van der Waals surface area contributed by atoms with Crippen LogP contribution in [0.5, 0.6) is 5.75 Å². The first kappa shape index (κ1) is 14.5. The van der Waals surface area contributed by atoms with Crippen LogP contribution >= 0.6 is 0 Å². The zero-order chi connectivity index (χ0) is 13.4. The van der Waals surface area contributed by atoms with Gasteiger partial charge in [-0.2, -0.15) is 0 Å². The van der Waals surface area contributed by atoms with Crippen LogP contribution < -0.4 is 10.1 Å². The molecule has 0 saturated carbocycles. The van der Waals surface area contributed by atoms with Gasteiger partial charge in [-0.3, -0.25) is 4.79 Å². The second kappa shape index (κ2) is 7.71. The van der Waals surface area contributed by atoms with Crippen LogP contribution in [0.3, 0.4) is 0 Å². The van der Waals surface area contributed by atoms with Gasteiger partial charge >= 0.3 is 0 Å². The molecule has 1 aromatic rings. The van der Waals surface area contributed by atoms with E-state index < -0.39 is 0 Å². The van der Waals surface area contributed by atoms with E-state index in [0.717, 1.165) is 17.7 Å². The SMILES string of the molecule is CCc1ccccc1OCC(=O)NC(C)COC. The summed E-state index contributed by atoms with van der Waals surface area (Å²) in [5.74, 6) is 0.639. The summed E-state index contributed by atoms with van der Waals surface area (Å²) in [6.45, 7) is 4.48. The van der Waals surface area contributed by atoms with Crippen LogP contribution in [0.4, 0.5) is 0 Å². The first-order valence-electron chi connectivity index (χ1n) is 6.16. The third kappa shape index (κ3) is 4.75. The van der Waals surface area contributed by atoms with E-state index in [2.05, 4.69) is 12.2 Å². The van der Waals surface area contributed by atoms with Crippen molar-refractivity contribution in [2.75, 3.05) is 20.3 Å². The van der Waals surface area contributed by atoms with Gasteiger partial charge in [0.15, 0.2) is 6.61 Å². The number of ether oxygens (including phenoxy) is 2. The lowest BCUT2D eigenvalue weighted by molar-refractivity contribution is -0.124. The Bertz CT molecular complexity index is 379. The van der Waals surface area contributed by atoms with Crippen molar-refractivity contribution in [2.24, 2.45) is 0 Å². The molecule has 1 amide bonds. The molecule has 0 aliphatic rings. The first-order valence-corrected chi connectivity index (χ1v) is 6.16. The van der Waals surface area contributed by atoms with E-state index in [4.69, 9.17) is 9.47 Å². The average molecular weight is 251 g/mol. The zero-order valence-electron chi connectivity index (χ0n) is 11.2. The Kier molecular flexibility index (Phi) is 6.22. The molecule has 0 radical (unpaired) electrons. The third-order valence-electron chi connectivity index (χ3n) is 2.54. The fourth-order valence-electron chi connectivity index (χ4n) is 1.69. The van der Waals surface area contributed by atoms with Gasteiger partial charge in [-0.05, 0) is 25.0 Å². The largest absolute Gasteiger partial charge is 0.483 e. The summed E-state index contributed by atoms with van der Waals surface area (Å²) in [5, 5.41) is 2.80. The van der Waals surface area contributed by atoms with Gasteiger partial charge < -0.3 is 14.8 Å². The van der Waals surface area contributed by atoms with Gasteiger partial charge in [0.05, 0.1) is 6.61 Å². The standard InChI is InChI=1S/C14H21NO3/c1-4-12-7-5-6-8-13(12)18-10-14(16)15-11(2)9-17-3/h5-8,11H,4,9-10H2,1-3H3,(H,15,16). The van der Waals surface area contributed by atoms with Crippen LogP contribution in [0, 0.1) is 0 Å². The molecule has 18 heavy (non-hydrogen) atoms. The van der Waals surface area contributed by atoms with E-state index in [1.54, 1.807) is 7.11 Å². The number of hydrogen-bond acceptors (Lipinski definition) is 3. The number of nitrogens with one attached hydrogen (secondary N) is 1. The van der Waals surface area contributed by atoms with Gasteiger partial charge in [0, 0.05) is 13.2 Å². The molecule has 0 aliphatic heterocycles. The maximum atomic E-state index is 11.6. The highest BCUT2D eigenvalue weighted by Gasteiger charge is 2.08. The van der Waals surface area contributed by atoms with Crippen molar-refractivity contribution < 1.29 is 14.3 Å². The molecule has 1 aromatic carbocycles. The van der Waals surface area contributed by atoms with Crippen LogP contribution in [-0.2, 0) is 16.0 Å². The predicted octanol–water partition coefficient (Wildman–Crippen LogP) is 1.78. The fourth-order valence-corrected chi connectivity index (χ4v) is 1.69. The number of benzene rings is 1. The monoisotopic (exact) mass is 251 g/mol. The second-order valence-electron chi connectivity index (χ2n) is 4.17. The Labute approximate surface area is 108 Å². The van der Waals surface area contributed by atoms with Crippen LogP contribution in [0.2, 0.25) is 0 Å². The summed E-state index contributed by atoms with van der Waals surface area (Å²) in [7, 11) is 1.61. The molecular weight excluding hydrogens is 230 g/mol. The quantitative estimate of drug-likeness (QED) is 0.803. The molecule has 0 fully saturated rings. The summed E-state index contributed by atoms with van der Waals surface area (Å²) in [6.07, 6.45) is 0.887. The number of para-hydroxylation sites is 1. The first-order chi connectivity index (χ1) is 8.67. The van der Waals surface area contributed by atoms with Crippen molar-refractivity contribution in [3.05, 3.63) is 29.8 Å². The van der Waals surface area contributed by atoms with Gasteiger partial charge in [-0.15, -0.1) is 0 Å². The van der Waals surface area contributed by atoms with Gasteiger partial charge in [0.1, 0.15) is 5.75 Å². The number of hydrogen-bond donors (Lipinski definition) is 1. The van der Waals surface area contributed by atoms with E-state index >= 15 is 0 Å². The molecular formula is C14H21NO3. The highest BCUT2D eigenvalue weighted by Crippen LogP contribution is 2.17. The van der Waals surface area contributed by atoms with Crippen LogP contribution in [0.25, 0.3) is 0 Å². The predicted molar refractivity (Wildman–Crippen MR) is 70.8 cm³/mol. The Morgan fingerprint density at radius 2 is 2.11 bits per heavy atom. The van der Waals surface area contributed by atoms with Crippen LogP contribution in [0.15, 0.2) is 24.3 Å². The van der Waals surface area contributed by atoms with Gasteiger partial charge in [0.25, 0.3) is 5.91 Å². The lowest BCUT2D eigenvalue weighted by atomic mass is 10.1. The summed E-state index contributed by atoms with van der Waals surface area (Å²) in [4.78, 5) is 11.6. The molecule has 4 nitrogen and oxygen atoms in total. The van der Waals surface area contributed by atoms with E-state index in [1.807, 2.05) is 31.2 Å². The van der Waals surface area contributed by atoms with Crippen LogP contribution in [-0.4, -0.2) is 32.3 Å². The minimum Gasteiger partial charge on any atom is -0.483 e. The van der Waals surface area contributed by atoms with Crippen molar-refractivity contribution in [1.82, 2.24) is 5.32 Å². The van der Waals surface area contributed by atoms with Gasteiger partial charge in [0.2, 0.25) is 0 Å². The maximum absolute atomic E-state index is 11.6. The normalized spacial score (nSPS) is 11.9. The molecule has 0 bridgehead atoms. The molecule has 0 aliphatic carbocycles. The molecule has 1 atom stereocenters. The Morgan fingerprint density at radius 3 is 2.78 bits per heavy atom. The molecule has 0 spiro atoms. The summed E-state index contributed by atoms with van der Waals surface area (Å²) < 4.78 is 10.5. The smallest absolute Gasteiger partial charge is 0.258 e. The van der Waals surface area contributed by atoms with E-state index in [9.17, 15) is 4.79 Å². The highest BCUT2D eigenvalue weighted by atomic mass is 16.5. The van der Waals surface area contributed by atoms with Crippen molar-refractivity contribution in [3.8, 4) is 5.75 Å². The third-order valence-corrected chi connectivity index (χ3v) is 2.54. The topological polar surface area (TPSA) is 47.6 Å². The minimum atomic E-state index is -0.134. The molecule has 0 heterocycles. The number of aryl methyl sites for hydroxylation is 1. The number of carbonyl (C=O) groups is 1. The highest BCUT2D eigenvalue weighted by molar-refractivity contribution is 5.77. The second-order valence-corrected chi connectivity index (χ2v) is 4.17. The fraction of sp³-hybridized carbons (Fsp3) is 0.500. The van der Waals surface area contributed by atoms with Crippen LogP contribution in [0.1, 0.15) is 19.4 Å². The molecule has 0 saturated heterocycles. The maximum Gasteiger partial charge on any atom is 0.258 e. The molecule has 1 N–H and O–H groups in total. The van der Waals surface area contributed by atoms with Crippen molar-refractivity contribution >= 4 is 5.91 Å². The lowest BCUT2D eigenvalue weighted by Crippen LogP contribution is -2.38. The van der Waals surface area contributed by atoms with Crippen molar-refractivity contribution in [1.29, 1.82) is 0 Å². The summed E-state index contributed by atoms with van der Waals surface area (Å²) in [5.41, 5.74) is 1.11. The Balaban J connectivity index is 2.42. The number of carbonyl (C=O) groups excluding carboxylic acids is 1. The number of methoxy groups -OCH3 is 1. The van der Waals surface area contributed by atoms with E-state index in [1.165, 1.54) is 0 Å². The van der Waals surface area contributed by atoms with Crippen molar-refractivity contribution in [2.45, 2.75) is 26.3 Å². The lowest BCUT2D eigenvalue weighted by Gasteiger charge is -2.14. The summed E-state index contributed by atoms with van der Waals surface area (Å²) >= 11 is 0. The van der Waals surface area contributed by atoms with Gasteiger partial charge in [-0.25, -0.2) is 0 Å². The number of amides is 1. The molecule has 0 aromatic heterocycles. The molecule has 1 unspecified atom stereocenters. The molecule has 100 valence electrons. The average Bonchev–Trinajstić information content (AvgIpc) is 2.37. The Morgan fingerprint density at radius 1 is 1.39 bits per heavy atom. The zero-order valence-corrected chi connectivity index (χ0v) is 11.2. The summed E-state index contributed by atoms with van der Waals surface area (Å²) in [6, 6.07) is 7.74. The van der Waals surface area contributed by atoms with E-state index in [0.29, 0.717) is 6.61 Å². The van der Waals surface area contributed by atoms with E-state index in [-0.39, 0.29) is 18.6 Å². The number of rotatable bonds is 7. The van der Waals surface area contributed by atoms with Crippen molar-refractivity contribution in [3.63, 3.8) is 0 Å². The molecule has 4 heteroatoms. The Hall–Kier alpha value is -1.55. The van der Waals surface area contributed by atoms with Gasteiger partial charge in [-0.1, -0.05) is 25.1 Å². The molecule has 1 rings (SSSR count).